The fourth-order valence-electron chi connectivity index (χ4n) is 6.49. The molecule has 0 saturated carbocycles. The van der Waals surface area contributed by atoms with E-state index in [-0.39, 0.29) is 37.7 Å². The number of rotatable bonds is 12. The monoisotopic (exact) mass is 886 g/mol. The molecule has 16 heteroatoms. The van der Waals surface area contributed by atoms with Gasteiger partial charge in [-0.2, -0.15) is 0 Å². The number of carbonyl (C=O) groups excluding carboxylic acids is 4. The normalized spacial score (nSPS) is 13.8. The summed E-state index contributed by atoms with van der Waals surface area (Å²) in [5.41, 5.74) is 5.67. The number of aromatic nitrogens is 4. The summed E-state index contributed by atoms with van der Waals surface area (Å²) in [4.78, 5) is 66.9. The highest BCUT2D eigenvalue weighted by atomic mass is 32.2. The average molecular weight is 887 g/mol. The maximum atomic E-state index is 12.8. The molecule has 0 spiro atoms. The van der Waals surface area contributed by atoms with Gasteiger partial charge in [-0.05, 0) is 59.9 Å². The Morgan fingerprint density at radius 3 is 2.22 bits per heavy atom. The van der Waals surface area contributed by atoms with E-state index in [9.17, 15) is 19.2 Å². The molecule has 63 heavy (non-hydrogen) atoms. The molecule has 0 unspecified atom stereocenters. The summed E-state index contributed by atoms with van der Waals surface area (Å²) in [5.74, 6) is 1.79. The number of hydrogen-bond acceptors (Lipinski definition) is 10. The molecule has 4 N–H and O–H groups in total. The van der Waals surface area contributed by atoms with Crippen molar-refractivity contribution >= 4 is 57.9 Å². The van der Waals surface area contributed by atoms with E-state index in [4.69, 9.17) is 9.72 Å². The fraction of sp³-hybridized carbons (Fsp3) is 0.447. The number of nitrogens with zero attached hydrogens (tertiary/aromatic N) is 4. The van der Waals surface area contributed by atoms with Crippen molar-refractivity contribution in [3.05, 3.63) is 72.4 Å². The van der Waals surface area contributed by atoms with Gasteiger partial charge in [-0.3, -0.25) is 14.4 Å². The summed E-state index contributed by atoms with van der Waals surface area (Å²) >= 11 is 1.63. The molecule has 0 aliphatic carbocycles. The second-order valence-electron chi connectivity index (χ2n) is 14.1. The van der Waals surface area contributed by atoms with Crippen LogP contribution in [0.3, 0.4) is 0 Å². The summed E-state index contributed by atoms with van der Waals surface area (Å²) < 4.78 is 13.9. The highest BCUT2D eigenvalue weighted by Gasteiger charge is 2.33. The van der Waals surface area contributed by atoms with Crippen LogP contribution in [-0.4, -0.2) is 121 Å². The molecule has 3 aromatic carbocycles. The van der Waals surface area contributed by atoms with E-state index in [0.29, 0.717) is 37.7 Å². The zero-order valence-corrected chi connectivity index (χ0v) is 37.6. The number of nitrogens with one attached hydrogen (secondary N) is 4. The SMILES string of the molecule is C.C#C.C1CCOCC1.CCC.CCCN(Cc1ncc(-c2ccc(-c3ccc4c(ccc5[nH]c([C@H]6SCCN6C(=O)CNC(=O)OC)nc54)c3)cc2)[nH]1)C(=O)CNC=O.COC. The summed E-state index contributed by atoms with van der Waals surface area (Å²) in [6.45, 7) is 9.54. The lowest BCUT2D eigenvalue weighted by molar-refractivity contribution is -0.132. The summed E-state index contributed by atoms with van der Waals surface area (Å²) in [6.07, 6.45) is 15.6. The zero-order valence-electron chi connectivity index (χ0n) is 36.8. The molecule has 4 heterocycles. The van der Waals surface area contributed by atoms with Crippen molar-refractivity contribution in [2.45, 2.75) is 72.2 Å². The Labute approximate surface area is 376 Å². The smallest absolute Gasteiger partial charge is 0.407 e. The minimum absolute atomic E-state index is 0. The number of terminal acetylenes is 1. The molecule has 4 amide bonds. The minimum atomic E-state index is -0.642. The van der Waals surface area contributed by atoms with Crippen LogP contribution < -0.4 is 10.6 Å². The molecule has 2 aromatic heterocycles. The van der Waals surface area contributed by atoms with Crippen molar-refractivity contribution in [1.29, 1.82) is 0 Å². The van der Waals surface area contributed by atoms with E-state index in [1.54, 1.807) is 42.0 Å². The van der Waals surface area contributed by atoms with Gasteiger partial charge >= 0.3 is 6.09 Å². The van der Waals surface area contributed by atoms with Crippen molar-refractivity contribution in [2.24, 2.45) is 0 Å². The Morgan fingerprint density at radius 1 is 0.952 bits per heavy atom. The highest BCUT2D eigenvalue weighted by Crippen LogP contribution is 2.38. The van der Waals surface area contributed by atoms with Gasteiger partial charge in [-0.15, -0.1) is 24.6 Å². The number of aromatic amines is 2. The lowest BCUT2D eigenvalue weighted by atomic mass is 9.99. The predicted molar refractivity (Wildman–Crippen MR) is 254 cm³/mol. The lowest BCUT2D eigenvalue weighted by Gasteiger charge is -2.22. The van der Waals surface area contributed by atoms with Gasteiger partial charge in [0, 0.05) is 51.7 Å². The molecule has 2 fully saturated rings. The molecule has 342 valence electrons. The van der Waals surface area contributed by atoms with Crippen LogP contribution in [0.25, 0.3) is 44.2 Å². The van der Waals surface area contributed by atoms with Crippen LogP contribution in [-0.2, 0) is 35.1 Å². The third-order valence-electron chi connectivity index (χ3n) is 9.26. The van der Waals surface area contributed by atoms with Crippen LogP contribution in [0.1, 0.15) is 77.3 Å². The highest BCUT2D eigenvalue weighted by molar-refractivity contribution is 7.99. The number of benzene rings is 3. The van der Waals surface area contributed by atoms with Gasteiger partial charge in [-0.1, -0.05) is 77.1 Å². The van der Waals surface area contributed by atoms with Crippen LogP contribution in [0.4, 0.5) is 4.79 Å². The third-order valence-corrected chi connectivity index (χ3v) is 10.5. The summed E-state index contributed by atoms with van der Waals surface area (Å²) in [6, 6.07) is 18.6. The number of carbonyl (C=O) groups is 4. The summed E-state index contributed by atoms with van der Waals surface area (Å²) in [7, 11) is 4.51. The van der Waals surface area contributed by atoms with E-state index in [2.05, 4.69) is 98.2 Å². The fourth-order valence-corrected chi connectivity index (χ4v) is 7.69. The van der Waals surface area contributed by atoms with E-state index in [1.807, 2.05) is 25.1 Å². The number of imidazole rings is 2. The second kappa shape index (κ2) is 29.4. The first-order chi connectivity index (χ1) is 30.2. The largest absolute Gasteiger partial charge is 0.453 e. The van der Waals surface area contributed by atoms with Crippen molar-refractivity contribution in [3.8, 4) is 35.2 Å². The lowest BCUT2D eigenvalue weighted by Crippen LogP contribution is -2.39. The molecule has 15 nitrogen and oxygen atoms in total. The molecule has 0 bridgehead atoms. The Bertz CT molecular complexity index is 2140. The van der Waals surface area contributed by atoms with Crippen LogP contribution in [0, 0.1) is 12.8 Å². The number of alkyl carbamates (subject to hydrolysis) is 1. The van der Waals surface area contributed by atoms with E-state index >= 15 is 0 Å². The van der Waals surface area contributed by atoms with Crippen LogP contribution in [0.15, 0.2) is 60.8 Å². The van der Waals surface area contributed by atoms with Gasteiger partial charge < -0.3 is 44.6 Å². The zero-order chi connectivity index (χ0) is 45.3. The number of amides is 4. The Balaban J connectivity index is 0.000000794. The first-order valence-electron chi connectivity index (χ1n) is 20.8. The molecule has 2 saturated heterocycles. The first-order valence-corrected chi connectivity index (χ1v) is 21.8. The Kier molecular flexibility index (Phi) is 24.9. The number of hydrogen-bond donors (Lipinski definition) is 4. The van der Waals surface area contributed by atoms with Gasteiger partial charge in [0.2, 0.25) is 18.2 Å². The van der Waals surface area contributed by atoms with Crippen molar-refractivity contribution in [1.82, 2.24) is 40.4 Å². The third kappa shape index (κ3) is 16.1. The summed E-state index contributed by atoms with van der Waals surface area (Å²) in [5, 5.41) is 6.67. The standard InChI is InChI=1S/C34H36N8O5S.C5H10O.C3H8.C2H6O.C2H2.CH4/c1-3-12-41(29(44)17-35-20-43)19-28-36-16-27(38-28)22-6-4-21(5-7-22)23-8-10-25-24(15-23)9-11-26-31(25)40-32(39-26)33-42(13-14-48-33)30(45)18-37-34(46)47-2;1-2-4-6-5-3-1;2*1-3-2;1-2;/h4-11,15-16,20,33H,3,12-14,17-19H2,1-2H3,(H,35,43)(H,36,38)(H,37,46)(H,39,40);1-5H2;3H2,1-2H3;1-2H3;1-2H;1H4/t33-;;;;;/m1...../s1. The Morgan fingerprint density at radius 2 is 1.62 bits per heavy atom. The maximum Gasteiger partial charge on any atom is 0.407 e. The number of H-pyrrole nitrogens is 2. The number of methoxy groups -OCH3 is 2. The van der Waals surface area contributed by atoms with E-state index < -0.39 is 6.09 Å². The van der Waals surface area contributed by atoms with Gasteiger partial charge in [0.1, 0.15) is 23.6 Å². The van der Waals surface area contributed by atoms with Gasteiger partial charge in [0.25, 0.3) is 0 Å². The van der Waals surface area contributed by atoms with E-state index in [1.165, 1.54) is 32.8 Å². The predicted octanol–water partition coefficient (Wildman–Crippen LogP) is 7.94. The molecule has 5 aromatic rings. The number of fused-ring (bicyclic) bond motifs is 3. The van der Waals surface area contributed by atoms with Gasteiger partial charge in [-0.25, -0.2) is 14.8 Å². The van der Waals surface area contributed by atoms with Crippen LogP contribution >= 0.6 is 11.8 Å². The molecule has 1 atom stereocenters. The number of thioether (sulfide) groups is 1. The van der Waals surface area contributed by atoms with Gasteiger partial charge in [0.05, 0.1) is 43.1 Å². The van der Waals surface area contributed by atoms with Crippen molar-refractivity contribution in [3.63, 3.8) is 0 Å². The molecule has 2 aliphatic rings. The Hall–Kier alpha value is -5.89. The quantitative estimate of drug-likeness (QED) is 0.0709. The average Bonchev–Trinajstić information content (AvgIpc) is 4.10. The molecule has 7 rings (SSSR count). The number of ether oxygens (including phenoxy) is 3. The molecule has 0 radical (unpaired) electrons. The van der Waals surface area contributed by atoms with Crippen molar-refractivity contribution in [2.75, 3.05) is 66.5 Å². The minimum Gasteiger partial charge on any atom is -0.453 e. The van der Waals surface area contributed by atoms with E-state index in [0.717, 1.165) is 69.6 Å². The molecule has 2 aliphatic heterocycles. The first kappa shape index (κ1) is 53.2. The molecular formula is C47H66N8O7S. The molecular weight excluding hydrogens is 821 g/mol. The topological polar surface area (TPSA) is 184 Å². The maximum absolute atomic E-state index is 12.8. The second-order valence-corrected chi connectivity index (χ2v) is 15.3. The van der Waals surface area contributed by atoms with Crippen LogP contribution in [0.2, 0.25) is 0 Å². The van der Waals surface area contributed by atoms with Crippen molar-refractivity contribution < 1.29 is 33.4 Å². The van der Waals surface area contributed by atoms with Gasteiger partial charge in [0.15, 0.2) is 0 Å². The van der Waals surface area contributed by atoms with Crippen LogP contribution in [0.5, 0.6) is 0 Å².